The Bertz CT molecular complexity index is 1540. The van der Waals surface area contributed by atoms with Crippen LogP contribution in [0.4, 0.5) is 0 Å². The number of benzene rings is 2. The molecule has 0 aliphatic carbocycles. The Morgan fingerprint density at radius 3 is 2.56 bits per heavy atom. The molecule has 2 aromatic heterocycles. The lowest BCUT2D eigenvalue weighted by Gasteiger charge is -2.08. The molecule has 0 radical (unpaired) electrons. The van der Waals surface area contributed by atoms with E-state index in [1.165, 1.54) is 24.4 Å². The maximum absolute atomic E-state index is 12.2. The van der Waals surface area contributed by atoms with Crippen molar-refractivity contribution in [3.8, 4) is 23.0 Å². The summed E-state index contributed by atoms with van der Waals surface area (Å²) in [4.78, 5) is 16.3. The third-order valence-electron chi connectivity index (χ3n) is 4.51. The summed E-state index contributed by atoms with van der Waals surface area (Å²) in [5.74, 6) is -0.835. The van der Waals surface area contributed by atoms with Crippen molar-refractivity contribution in [1.29, 1.82) is 5.26 Å². The molecule has 0 spiro atoms. The predicted octanol–water partition coefficient (Wildman–Crippen LogP) is 3.96. The number of hydrogen-bond donors (Lipinski definition) is 1. The second kappa shape index (κ2) is 8.24. The Morgan fingerprint density at radius 2 is 1.88 bits per heavy atom. The van der Waals surface area contributed by atoms with Crippen molar-refractivity contribution >= 4 is 50.0 Å². The van der Waals surface area contributed by atoms with Gasteiger partial charge in [0.15, 0.2) is 0 Å². The molecule has 0 aliphatic heterocycles. The van der Waals surface area contributed by atoms with E-state index in [4.69, 9.17) is 23.2 Å². The van der Waals surface area contributed by atoms with Crippen LogP contribution < -0.4 is 4.72 Å². The first-order valence-corrected chi connectivity index (χ1v) is 11.7. The molecular formula is C21H13Cl2N5O3S. The van der Waals surface area contributed by atoms with Gasteiger partial charge in [0.2, 0.25) is 10.0 Å². The second-order valence-electron chi connectivity index (χ2n) is 6.86. The zero-order chi connectivity index (χ0) is 23.0. The van der Waals surface area contributed by atoms with E-state index >= 15 is 0 Å². The molecule has 1 amide bonds. The third kappa shape index (κ3) is 4.29. The number of fused-ring (bicyclic) bond motifs is 1. The van der Waals surface area contributed by atoms with Gasteiger partial charge in [-0.2, -0.15) is 10.4 Å². The molecule has 8 nitrogen and oxygen atoms in total. The Hall–Kier alpha value is -3.45. The van der Waals surface area contributed by atoms with Crippen molar-refractivity contribution < 1.29 is 13.2 Å². The van der Waals surface area contributed by atoms with Crippen LogP contribution in [0.2, 0.25) is 10.0 Å². The summed E-state index contributed by atoms with van der Waals surface area (Å²) >= 11 is 12.3. The van der Waals surface area contributed by atoms with E-state index in [0.29, 0.717) is 37.9 Å². The minimum atomic E-state index is -3.75. The van der Waals surface area contributed by atoms with Crippen molar-refractivity contribution in [2.45, 2.75) is 0 Å². The third-order valence-corrected chi connectivity index (χ3v) is 5.50. The number of pyridine rings is 1. The molecule has 2 heterocycles. The summed E-state index contributed by atoms with van der Waals surface area (Å²) in [6.45, 7) is 0. The Labute approximate surface area is 193 Å². The van der Waals surface area contributed by atoms with Gasteiger partial charge in [-0.25, -0.2) is 17.8 Å². The number of halogens is 2. The van der Waals surface area contributed by atoms with Crippen molar-refractivity contribution in [3.05, 3.63) is 76.0 Å². The number of nitriles is 1. The predicted molar refractivity (Wildman–Crippen MR) is 121 cm³/mol. The maximum atomic E-state index is 12.2. The summed E-state index contributed by atoms with van der Waals surface area (Å²) in [6.07, 6.45) is 3.99. The minimum Gasteiger partial charge on any atom is -0.268 e. The van der Waals surface area contributed by atoms with E-state index in [-0.39, 0.29) is 11.1 Å². The molecular weight excluding hydrogens is 473 g/mol. The molecule has 0 saturated heterocycles. The summed E-state index contributed by atoms with van der Waals surface area (Å²) in [5, 5.41) is 16.0. The standard InChI is InChI=1S/C21H13Cl2N5O3S/c1-32(30,31)27-21(29)12-2-4-18(13(6-12)9-24)28-19-5-3-15(22)8-17(19)20(26-28)14-7-16(23)11-25-10-14/h2-8,10-11H,1H3,(H,27,29). The number of nitrogens with zero attached hydrogens (tertiary/aromatic N) is 4. The van der Waals surface area contributed by atoms with Gasteiger partial charge in [0.05, 0.1) is 28.0 Å². The van der Waals surface area contributed by atoms with Gasteiger partial charge in [0, 0.05) is 33.9 Å². The van der Waals surface area contributed by atoms with Crippen LogP contribution in [0.5, 0.6) is 0 Å². The zero-order valence-corrected chi connectivity index (χ0v) is 18.7. The molecule has 160 valence electrons. The van der Waals surface area contributed by atoms with E-state index in [1.807, 2.05) is 10.8 Å². The lowest BCUT2D eigenvalue weighted by molar-refractivity contribution is 0.0981. The van der Waals surface area contributed by atoms with Crippen LogP contribution in [0.25, 0.3) is 27.8 Å². The van der Waals surface area contributed by atoms with Gasteiger partial charge in [0.1, 0.15) is 11.8 Å². The van der Waals surface area contributed by atoms with Gasteiger partial charge in [0.25, 0.3) is 5.91 Å². The fraction of sp³-hybridized carbons (Fsp3) is 0.0476. The molecule has 4 aromatic rings. The van der Waals surface area contributed by atoms with E-state index in [2.05, 4.69) is 10.1 Å². The molecule has 0 fully saturated rings. The average molecular weight is 486 g/mol. The topological polar surface area (TPSA) is 118 Å². The number of sulfonamides is 1. The van der Waals surface area contributed by atoms with E-state index in [1.54, 1.807) is 35.1 Å². The highest BCUT2D eigenvalue weighted by Gasteiger charge is 2.19. The van der Waals surface area contributed by atoms with Gasteiger partial charge in [-0.15, -0.1) is 0 Å². The quantitative estimate of drug-likeness (QED) is 0.467. The van der Waals surface area contributed by atoms with Crippen molar-refractivity contribution in [2.75, 3.05) is 6.26 Å². The smallest absolute Gasteiger partial charge is 0.264 e. The van der Waals surface area contributed by atoms with Gasteiger partial charge < -0.3 is 0 Å². The highest BCUT2D eigenvalue weighted by Crippen LogP contribution is 2.33. The number of rotatable bonds is 4. The van der Waals surface area contributed by atoms with Crippen molar-refractivity contribution in [1.82, 2.24) is 19.5 Å². The molecule has 2 aromatic carbocycles. The van der Waals surface area contributed by atoms with E-state index < -0.39 is 15.9 Å². The minimum absolute atomic E-state index is 0.0227. The first-order valence-electron chi connectivity index (χ1n) is 9.02. The number of amides is 1. The molecule has 0 unspecified atom stereocenters. The van der Waals surface area contributed by atoms with Crippen LogP contribution in [-0.2, 0) is 10.0 Å². The molecule has 0 atom stereocenters. The van der Waals surface area contributed by atoms with Crippen molar-refractivity contribution in [2.24, 2.45) is 0 Å². The van der Waals surface area contributed by atoms with Crippen molar-refractivity contribution in [3.63, 3.8) is 0 Å². The van der Waals surface area contributed by atoms with Gasteiger partial charge in [-0.3, -0.25) is 9.78 Å². The number of hydrogen-bond acceptors (Lipinski definition) is 6. The number of carbonyl (C=O) groups is 1. The van der Waals surface area contributed by atoms with Crippen LogP contribution in [0.15, 0.2) is 54.9 Å². The highest BCUT2D eigenvalue weighted by atomic mass is 35.5. The largest absolute Gasteiger partial charge is 0.268 e. The normalized spacial score (nSPS) is 11.3. The maximum Gasteiger partial charge on any atom is 0.264 e. The lowest BCUT2D eigenvalue weighted by Crippen LogP contribution is -2.29. The fourth-order valence-corrected chi connectivity index (χ4v) is 4.01. The highest BCUT2D eigenvalue weighted by molar-refractivity contribution is 7.89. The number of nitrogens with one attached hydrogen (secondary N) is 1. The van der Waals surface area contributed by atoms with Crippen LogP contribution in [0, 0.1) is 11.3 Å². The zero-order valence-electron chi connectivity index (χ0n) is 16.4. The van der Waals surface area contributed by atoms with E-state index in [0.717, 1.165) is 6.26 Å². The summed E-state index contributed by atoms with van der Waals surface area (Å²) in [6, 6.07) is 13.2. The molecule has 0 saturated carbocycles. The first kappa shape index (κ1) is 21.8. The van der Waals surface area contributed by atoms with Crippen LogP contribution in [0.1, 0.15) is 15.9 Å². The number of aromatic nitrogens is 3. The van der Waals surface area contributed by atoms with Gasteiger partial charge >= 0.3 is 0 Å². The fourth-order valence-electron chi connectivity index (χ4n) is 3.21. The average Bonchev–Trinajstić information content (AvgIpc) is 3.10. The summed E-state index contributed by atoms with van der Waals surface area (Å²) in [5.41, 5.74) is 2.42. The Kier molecular flexibility index (Phi) is 5.60. The first-order chi connectivity index (χ1) is 15.2. The molecule has 0 aliphatic rings. The summed E-state index contributed by atoms with van der Waals surface area (Å²) < 4.78 is 26.1. The van der Waals surface area contributed by atoms with Gasteiger partial charge in [-0.05, 0) is 42.5 Å². The van der Waals surface area contributed by atoms with E-state index in [9.17, 15) is 18.5 Å². The molecule has 0 bridgehead atoms. The number of carbonyl (C=O) groups excluding carboxylic acids is 1. The second-order valence-corrected chi connectivity index (χ2v) is 9.48. The molecule has 11 heteroatoms. The monoisotopic (exact) mass is 485 g/mol. The molecule has 4 rings (SSSR count). The van der Waals surface area contributed by atoms with Gasteiger partial charge in [-0.1, -0.05) is 23.2 Å². The van der Waals surface area contributed by atoms with Crippen LogP contribution in [-0.4, -0.2) is 35.3 Å². The summed E-state index contributed by atoms with van der Waals surface area (Å²) in [7, 11) is -3.75. The Balaban J connectivity index is 1.91. The van der Waals surface area contributed by atoms with Crippen LogP contribution in [0.3, 0.4) is 0 Å². The molecule has 32 heavy (non-hydrogen) atoms. The SMILES string of the molecule is CS(=O)(=O)NC(=O)c1ccc(-n2nc(-c3cncc(Cl)c3)c3cc(Cl)ccc32)c(C#N)c1. The molecule has 1 N–H and O–H groups in total. The van der Waals surface area contributed by atoms with Crippen LogP contribution >= 0.6 is 23.2 Å². The lowest BCUT2D eigenvalue weighted by atomic mass is 10.1. The Morgan fingerprint density at radius 1 is 1.09 bits per heavy atom.